The highest BCUT2D eigenvalue weighted by Gasteiger charge is 2.20. The van der Waals surface area contributed by atoms with E-state index in [1.165, 1.54) is 33.6 Å². The molecule has 1 N–H and O–H groups in total. The fourth-order valence-electron chi connectivity index (χ4n) is 2.51. The number of carboxylic acids is 1. The Balaban J connectivity index is 2.87. The quantitative estimate of drug-likeness (QED) is 0.865. The number of carbonyl (C=O) groups is 1. The van der Waals surface area contributed by atoms with Gasteiger partial charge >= 0.3 is 5.97 Å². The standard InChI is InChI=1S/C16H18O2S/c1-8-6-9(2)11(4)14(10(8)3)15-12(5)19-7-13(15)16(17)18/h6-7H,1-5H3,(H,17,18). The van der Waals surface area contributed by atoms with E-state index in [0.717, 1.165) is 16.0 Å². The van der Waals surface area contributed by atoms with Crippen molar-refractivity contribution >= 4 is 17.3 Å². The summed E-state index contributed by atoms with van der Waals surface area (Å²) in [4.78, 5) is 12.5. The summed E-state index contributed by atoms with van der Waals surface area (Å²) in [5.41, 5.74) is 7.16. The van der Waals surface area contributed by atoms with Crippen molar-refractivity contribution in [3.63, 3.8) is 0 Å². The van der Waals surface area contributed by atoms with Gasteiger partial charge < -0.3 is 5.11 Å². The number of aromatic carboxylic acids is 1. The van der Waals surface area contributed by atoms with E-state index in [4.69, 9.17) is 0 Å². The molecular weight excluding hydrogens is 256 g/mol. The van der Waals surface area contributed by atoms with E-state index < -0.39 is 5.97 Å². The van der Waals surface area contributed by atoms with E-state index >= 15 is 0 Å². The highest BCUT2D eigenvalue weighted by atomic mass is 32.1. The number of rotatable bonds is 2. The average Bonchev–Trinajstić information content (AvgIpc) is 2.70. The zero-order valence-electron chi connectivity index (χ0n) is 11.9. The van der Waals surface area contributed by atoms with Gasteiger partial charge in [0.15, 0.2) is 0 Å². The highest BCUT2D eigenvalue weighted by molar-refractivity contribution is 7.10. The molecule has 0 aliphatic rings. The third-order valence-electron chi connectivity index (χ3n) is 3.82. The van der Waals surface area contributed by atoms with Gasteiger partial charge in [-0.1, -0.05) is 6.07 Å². The van der Waals surface area contributed by atoms with Crippen LogP contribution in [0, 0.1) is 34.6 Å². The monoisotopic (exact) mass is 274 g/mol. The third kappa shape index (κ3) is 2.19. The largest absolute Gasteiger partial charge is 0.478 e. The van der Waals surface area contributed by atoms with Gasteiger partial charge in [0.05, 0.1) is 5.56 Å². The Kier molecular flexibility index (Phi) is 3.50. The Bertz CT molecular complexity index is 640. The predicted octanol–water partition coefficient (Wildman–Crippen LogP) is 4.66. The Labute approximate surface area is 117 Å². The summed E-state index contributed by atoms with van der Waals surface area (Å²) >= 11 is 1.50. The Morgan fingerprint density at radius 2 is 1.53 bits per heavy atom. The Hall–Kier alpha value is -1.61. The fourth-order valence-corrected chi connectivity index (χ4v) is 3.36. The maximum Gasteiger partial charge on any atom is 0.337 e. The molecule has 0 saturated carbocycles. The van der Waals surface area contributed by atoms with Gasteiger partial charge in [-0.2, -0.15) is 0 Å². The van der Waals surface area contributed by atoms with Crippen molar-refractivity contribution in [3.05, 3.63) is 44.1 Å². The second-order valence-electron chi connectivity index (χ2n) is 5.02. The molecule has 0 saturated heterocycles. The first-order valence-electron chi connectivity index (χ1n) is 6.23. The van der Waals surface area contributed by atoms with Gasteiger partial charge in [-0.05, 0) is 62.4 Å². The lowest BCUT2D eigenvalue weighted by atomic mass is 9.88. The molecule has 1 heterocycles. The number of aryl methyl sites for hydroxylation is 3. The lowest BCUT2D eigenvalue weighted by molar-refractivity contribution is 0.0698. The predicted molar refractivity (Wildman–Crippen MR) is 80.4 cm³/mol. The molecule has 100 valence electrons. The SMILES string of the molecule is Cc1cc(C)c(C)c(-c2c(C(=O)O)csc2C)c1C. The van der Waals surface area contributed by atoms with Crippen LogP contribution >= 0.6 is 11.3 Å². The van der Waals surface area contributed by atoms with Gasteiger partial charge in [0.2, 0.25) is 0 Å². The van der Waals surface area contributed by atoms with Crippen LogP contribution in [0.2, 0.25) is 0 Å². The van der Waals surface area contributed by atoms with Crippen molar-refractivity contribution in [3.8, 4) is 11.1 Å². The van der Waals surface area contributed by atoms with Crippen LogP contribution in [0.25, 0.3) is 11.1 Å². The van der Waals surface area contributed by atoms with Gasteiger partial charge in [-0.3, -0.25) is 0 Å². The Morgan fingerprint density at radius 3 is 2.00 bits per heavy atom. The lowest BCUT2D eigenvalue weighted by Gasteiger charge is -2.16. The van der Waals surface area contributed by atoms with Crippen LogP contribution < -0.4 is 0 Å². The molecule has 19 heavy (non-hydrogen) atoms. The van der Waals surface area contributed by atoms with E-state index in [1.807, 2.05) is 6.92 Å². The molecule has 0 radical (unpaired) electrons. The van der Waals surface area contributed by atoms with Crippen molar-refractivity contribution in [1.29, 1.82) is 0 Å². The highest BCUT2D eigenvalue weighted by Crippen LogP contribution is 2.38. The van der Waals surface area contributed by atoms with Gasteiger partial charge in [0.1, 0.15) is 0 Å². The topological polar surface area (TPSA) is 37.3 Å². The maximum atomic E-state index is 11.4. The minimum Gasteiger partial charge on any atom is -0.478 e. The number of thiophene rings is 1. The number of hydrogen-bond donors (Lipinski definition) is 1. The van der Waals surface area contributed by atoms with Crippen LogP contribution in [0.15, 0.2) is 11.4 Å². The molecule has 2 nitrogen and oxygen atoms in total. The van der Waals surface area contributed by atoms with Gasteiger partial charge in [0, 0.05) is 15.8 Å². The Morgan fingerprint density at radius 1 is 1.00 bits per heavy atom. The molecule has 1 aromatic carbocycles. The van der Waals surface area contributed by atoms with Gasteiger partial charge in [-0.15, -0.1) is 11.3 Å². The van der Waals surface area contributed by atoms with Crippen LogP contribution in [-0.4, -0.2) is 11.1 Å². The molecule has 0 bridgehead atoms. The van der Waals surface area contributed by atoms with E-state index in [2.05, 4.69) is 33.8 Å². The zero-order valence-corrected chi connectivity index (χ0v) is 12.7. The molecule has 0 aliphatic heterocycles. The smallest absolute Gasteiger partial charge is 0.337 e. The van der Waals surface area contributed by atoms with Crippen LogP contribution in [0.1, 0.15) is 37.5 Å². The van der Waals surface area contributed by atoms with Gasteiger partial charge in [0.25, 0.3) is 0 Å². The second-order valence-corrected chi connectivity index (χ2v) is 6.10. The van der Waals surface area contributed by atoms with Crippen molar-refractivity contribution in [1.82, 2.24) is 0 Å². The molecule has 2 aromatic rings. The number of hydrogen-bond acceptors (Lipinski definition) is 2. The molecule has 1 aromatic heterocycles. The first-order chi connectivity index (χ1) is 8.84. The molecular formula is C16H18O2S. The molecule has 0 amide bonds. The van der Waals surface area contributed by atoms with Crippen LogP contribution in [-0.2, 0) is 0 Å². The molecule has 0 fully saturated rings. The van der Waals surface area contributed by atoms with Crippen molar-refractivity contribution in [2.24, 2.45) is 0 Å². The van der Waals surface area contributed by atoms with E-state index in [9.17, 15) is 9.90 Å². The lowest BCUT2D eigenvalue weighted by Crippen LogP contribution is -2.01. The van der Waals surface area contributed by atoms with Crippen LogP contribution in [0.4, 0.5) is 0 Å². The summed E-state index contributed by atoms with van der Waals surface area (Å²) in [6.45, 7) is 10.3. The van der Waals surface area contributed by atoms with Crippen molar-refractivity contribution in [2.45, 2.75) is 34.6 Å². The van der Waals surface area contributed by atoms with E-state index in [-0.39, 0.29) is 0 Å². The number of benzene rings is 1. The molecule has 0 spiro atoms. The number of carboxylic acid groups (broad SMARTS) is 1. The van der Waals surface area contributed by atoms with Crippen molar-refractivity contribution < 1.29 is 9.90 Å². The first kappa shape index (κ1) is 13.8. The average molecular weight is 274 g/mol. The summed E-state index contributed by atoms with van der Waals surface area (Å²) in [6.07, 6.45) is 0. The summed E-state index contributed by atoms with van der Waals surface area (Å²) in [5.74, 6) is -0.850. The van der Waals surface area contributed by atoms with E-state index in [1.54, 1.807) is 5.38 Å². The summed E-state index contributed by atoms with van der Waals surface area (Å²) < 4.78 is 0. The molecule has 0 atom stereocenters. The first-order valence-corrected chi connectivity index (χ1v) is 7.11. The summed E-state index contributed by atoms with van der Waals surface area (Å²) in [7, 11) is 0. The van der Waals surface area contributed by atoms with Crippen molar-refractivity contribution in [2.75, 3.05) is 0 Å². The fraction of sp³-hybridized carbons (Fsp3) is 0.312. The molecule has 0 unspecified atom stereocenters. The maximum absolute atomic E-state index is 11.4. The van der Waals surface area contributed by atoms with Crippen LogP contribution in [0.5, 0.6) is 0 Å². The van der Waals surface area contributed by atoms with Gasteiger partial charge in [-0.25, -0.2) is 4.79 Å². The summed E-state index contributed by atoms with van der Waals surface area (Å²) in [5, 5.41) is 11.1. The second kappa shape index (κ2) is 4.82. The summed E-state index contributed by atoms with van der Waals surface area (Å²) in [6, 6.07) is 2.16. The third-order valence-corrected chi connectivity index (χ3v) is 4.73. The minimum atomic E-state index is -0.850. The van der Waals surface area contributed by atoms with E-state index in [0.29, 0.717) is 5.56 Å². The molecule has 2 rings (SSSR count). The minimum absolute atomic E-state index is 0.415. The normalized spacial score (nSPS) is 10.8. The van der Waals surface area contributed by atoms with Crippen LogP contribution in [0.3, 0.4) is 0 Å². The zero-order chi connectivity index (χ0) is 14.3. The molecule has 3 heteroatoms. The molecule has 0 aliphatic carbocycles.